The van der Waals surface area contributed by atoms with E-state index in [1.54, 1.807) is 6.20 Å². The number of pyridine rings is 1. The normalized spacial score (nSPS) is 16.8. The lowest BCUT2D eigenvalue weighted by atomic mass is 10.1. The van der Waals surface area contributed by atoms with Crippen molar-refractivity contribution in [3.8, 4) is 11.5 Å². The number of nitrogens with zero attached hydrogens (tertiary/aromatic N) is 5. The van der Waals surface area contributed by atoms with E-state index < -0.39 is 0 Å². The van der Waals surface area contributed by atoms with E-state index in [-0.39, 0.29) is 0 Å². The molecule has 7 nitrogen and oxygen atoms in total. The Bertz CT molecular complexity index is 690. The topological polar surface area (TPSA) is 84.3 Å². The number of rotatable bonds is 2. The van der Waals surface area contributed by atoms with Crippen molar-refractivity contribution < 1.29 is 0 Å². The molecule has 0 spiro atoms. The van der Waals surface area contributed by atoms with Gasteiger partial charge in [-0.15, -0.1) is 5.10 Å². The van der Waals surface area contributed by atoms with Crippen LogP contribution in [0.3, 0.4) is 0 Å². The summed E-state index contributed by atoms with van der Waals surface area (Å²) in [5.74, 6) is 0.721. The highest BCUT2D eigenvalue weighted by Gasteiger charge is 2.17. The number of hydrogen-bond acceptors (Lipinski definition) is 5. The van der Waals surface area contributed by atoms with Crippen molar-refractivity contribution in [2.45, 2.75) is 18.9 Å². The highest BCUT2D eigenvalue weighted by atomic mass is 15.4. The van der Waals surface area contributed by atoms with Crippen molar-refractivity contribution in [3.05, 3.63) is 24.5 Å². The van der Waals surface area contributed by atoms with Crippen molar-refractivity contribution >= 4 is 11.2 Å². The van der Waals surface area contributed by atoms with Gasteiger partial charge in [0.15, 0.2) is 11.5 Å². The molecule has 1 aliphatic heterocycles. The molecule has 2 N–H and O–H groups in total. The number of imidazole rings is 1. The second-order valence-corrected chi connectivity index (χ2v) is 5.02. The van der Waals surface area contributed by atoms with Crippen LogP contribution < -0.4 is 5.32 Å². The van der Waals surface area contributed by atoms with Crippen LogP contribution in [0, 0.1) is 0 Å². The van der Waals surface area contributed by atoms with Gasteiger partial charge in [0, 0.05) is 6.20 Å². The van der Waals surface area contributed by atoms with E-state index in [9.17, 15) is 0 Å². The first-order valence-corrected chi connectivity index (χ1v) is 6.84. The molecule has 3 aromatic rings. The second-order valence-electron chi connectivity index (χ2n) is 5.02. The molecular weight excluding hydrogens is 254 g/mol. The average molecular weight is 269 g/mol. The van der Waals surface area contributed by atoms with Crippen LogP contribution in [0.25, 0.3) is 22.7 Å². The van der Waals surface area contributed by atoms with Gasteiger partial charge in [0.05, 0.1) is 17.8 Å². The van der Waals surface area contributed by atoms with Crippen LogP contribution in [0.4, 0.5) is 0 Å². The fourth-order valence-corrected chi connectivity index (χ4v) is 2.60. The Morgan fingerprint density at radius 1 is 1.25 bits per heavy atom. The summed E-state index contributed by atoms with van der Waals surface area (Å²) in [6, 6.07) is 4.27. The molecule has 0 atom stereocenters. The summed E-state index contributed by atoms with van der Waals surface area (Å²) in [7, 11) is 0. The number of fused-ring (bicyclic) bond motifs is 1. The Hall–Kier alpha value is -2.28. The molecule has 1 aliphatic rings. The molecule has 3 aromatic heterocycles. The van der Waals surface area contributed by atoms with E-state index in [0.717, 1.165) is 43.0 Å². The van der Waals surface area contributed by atoms with Gasteiger partial charge < -0.3 is 10.3 Å². The van der Waals surface area contributed by atoms with Crippen molar-refractivity contribution in [2.75, 3.05) is 13.1 Å². The number of aromatic amines is 1. The van der Waals surface area contributed by atoms with Crippen molar-refractivity contribution in [1.82, 2.24) is 35.3 Å². The van der Waals surface area contributed by atoms with Crippen LogP contribution in [-0.2, 0) is 0 Å². The van der Waals surface area contributed by atoms with E-state index in [1.165, 1.54) is 0 Å². The molecule has 1 fully saturated rings. The monoisotopic (exact) mass is 269 g/mol. The highest BCUT2D eigenvalue weighted by molar-refractivity contribution is 5.74. The third-order valence-electron chi connectivity index (χ3n) is 3.69. The molecule has 0 aliphatic carbocycles. The number of nitrogens with one attached hydrogen (secondary N) is 2. The maximum Gasteiger partial charge on any atom is 0.178 e. The van der Waals surface area contributed by atoms with Crippen molar-refractivity contribution in [3.63, 3.8) is 0 Å². The standard InChI is InChI=1S/C13H15N7/c1-2-10-12(15-5-1)17-13(16-10)11-8-20(19-18-11)9-3-6-14-7-4-9/h1-2,5,8-9,14H,3-4,6-7H2,(H,15,16,17). The maximum atomic E-state index is 4.45. The fraction of sp³-hybridized carbons (Fsp3) is 0.385. The summed E-state index contributed by atoms with van der Waals surface area (Å²) < 4.78 is 1.96. The molecule has 1 saturated heterocycles. The van der Waals surface area contributed by atoms with Gasteiger partial charge in [-0.25, -0.2) is 14.6 Å². The van der Waals surface area contributed by atoms with Gasteiger partial charge in [-0.3, -0.25) is 0 Å². The van der Waals surface area contributed by atoms with E-state index in [0.29, 0.717) is 11.7 Å². The summed E-state index contributed by atoms with van der Waals surface area (Å²) in [5, 5.41) is 11.8. The SMILES string of the molecule is c1cnc2nc(-c3cn(C4CCNCC4)nn3)[nH]c2c1. The van der Waals surface area contributed by atoms with Crippen LogP contribution >= 0.6 is 0 Å². The van der Waals surface area contributed by atoms with Crippen LogP contribution in [0.2, 0.25) is 0 Å². The Morgan fingerprint density at radius 2 is 2.15 bits per heavy atom. The number of hydrogen-bond donors (Lipinski definition) is 2. The zero-order valence-electron chi connectivity index (χ0n) is 11.0. The summed E-state index contributed by atoms with van der Waals surface area (Å²) in [5.41, 5.74) is 2.39. The van der Waals surface area contributed by atoms with Gasteiger partial charge >= 0.3 is 0 Å². The van der Waals surface area contributed by atoms with Crippen LogP contribution in [0.1, 0.15) is 18.9 Å². The zero-order chi connectivity index (χ0) is 13.4. The van der Waals surface area contributed by atoms with Crippen molar-refractivity contribution in [2.24, 2.45) is 0 Å². The first-order valence-electron chi connectivity index (χ1n) is 6.84. The lowest BCUT2D eigenvalue weighted by Crippen LogP contribution is -2.29. The molecule has 0 saturated carbocycles. The molecule has 0 amide bonds. The highest BCUT2D eigenvalue weighted by Crippen LogP contribution is 2.21. The number of aromatic nitrogens is 6. The summed E-state index contributed by atoms with van der Waals surface area (Å²) in [6.45, 7) is 2.07. The predicted octanol–water partition coefficient (Wildman–Crippen LogP) is 1.14. The number of piperidine rings is 1. The Labute approximate surface area is 115 Å². The molecule has 0 unspecified atom stereocenters. The van der Waals surface area contributed by atoms with Crippen LogP contribution in [0.15, 0.2) is 24.5 Å². The second kappa shape index (κ2) is 4.68. The van der Waals surface area contributed by atoms with E-state index in [1.807, 2.05) is 23.0 Å². The smallest absolute Gasteiger partial charge is 0.178 e. The molecule has 102 valence electrons. The minimum absolute atomic E-state index is 0.431. The largest absolute Gasteiger partial charge is 0.335 e. The molecule has 0 aromatic carbocycles. The lowest BCUT2D eigenvalue weighted by molar-refractivity contribution is 0.337. The molecule has 20 heavy (non-hydrogen) atoms. The first kappa shape index (κ1) is 11.5. The maximum absolute atomic E-state index is 4.45. The van der Waals surface area contributed by atoms with Gasteiger partial charge in [-0.2, -0.15) is 0 Å². The average Bonchev–Trinajstić information content (AvgIpc) is 3.14. The minimum atomic E-state index is 0.431. The Kier molecular flexibility index (Phi) is 2.70. The fourth-order valence-electron chi connectivity index (χ4n) is 2.60. The molecule has 0 bridgehead atoms. The number of H-pyrrole nitrogens is 1. The zero-order valence-corrected chi connectivity index (χ0v) is 11.0. The van der Waals surface area contributed by atoms with Crippen LogP contribution in [0.5, 0.6) is 0 Å². The summed E-state index contributed by atoms with van der Waals surface area (Å²) in [6.07, 6.45) is 5.88. The quantitative estimate of drug-likeness (QED) is 0.729. The summed E-state index contributed by atoms with van der Waals surface area (Å²) in [4.78, 5) is 11.9. The molecule has 0 radical (unpaired) electrons. The van der Waals surface area contributed by atoms with Gasteiger partial charge in [0.2, 0.25) is 0 Å². The van der Waals surface area contributed by atoms with E-state index in [2.05, 4.69) is 30.6 Å². The van der Waals surface area contributed by atoms with Gasteiger partial charge in [0.1, 0.15) is 5.69 Å². The van der Waals surface area contributed by atoms with E-state index >= 15 is 0 Å². The molecule has 4 rings (SSSR count). The Balaban J connectivity index is 1.66. The first-order chi connectivity index (χ1) is 9.90. The predicted molar refractivity (Wildman–Crippen MR) is 74.0 cm³/mol. The van der Waals surface area contributed by atoms with Gasteiger partial charge in [0.25, 0.3) is 0 Å². The van der Waals surface area contributed by atoms with Gasteiger partial charge in [-0.05, 0) is 38.1 Å². The minimum Gasteiger partial charge on any atom is -0.335 e. The van der Waals surface area contributed by atoms with Crippen molar-refractivity contribution in [1.29, 1.82) is 0 Å². The molecule has 4 heterocycles. The van der Waals surface area contributed by atoms with Gasteiger partial charge in [-0.1, -0.05) is 5.21 Å². The summed E-state index contributed by atoms with van der Waals surface area (Å²) >= 11 is 0. The molecular formula is C13H15N7. The van der Waals surface area contributed by atoms with E-state index in [4.69, 9.17) is 0 Å². The Morgan fingerprint density at radius 3 is 3.00 bits per heavy atom. The van der Waals surface area contributed by atoms with Crippen LogP contribution in [-0.4, -0.2) is 43.0 Å². The molecule has 7 heteroatoms. The third-order valence-corrected chi connectivity index (χ3v) is 3.69. The lowest BCUT2D eigenvalue weighted by Gasteiger charge is -2.21. The third kappa shape index (κ3) is 1.96.